The molecule has 0 saturated heterocycles. The summed E-state index contributed by atoms with van der Waals surface area (Å²) in [6.45, 7) is 0. The molecule has 196 valence electrons. The monoisotopic (exact) mass is 603 g/mol. The van der Waals surface area contributed by atoms with Crippen LogP contribution in [-0.2, 0) is 18.6 Å². The first-order valence-electron chi connectivity index (χ1n) is 12.8. The third-order valence-electron chi connectivity index (χ3n) is 7.78. The average molecular weight is 605 g/mol. The van der Waals surface area contributed by atoms with Crippen molar-refractivity contribution in [1.82, 2.24) is 24.1 Å². The fraction of sp³-hybridized carbons (Fsp3) is 0.345. The van der Waals surface area contributed by atoms with E-state index in [9.17, 15) is 0 Å². The van der Waals surface area contributed by atoms with Crippen molar-refractivity contribution >= 4 is 22.1 Å². The summed E-state index contributed by atoms with van der Waals surface area (Å²) in [5.74, 6) is 1.97. The van der Waals surface area contributed by atoms with E-state index in [0.717, 1.165) is 34.1 Å². The molecule has 0 amide bonds. The Morgan fingerprint density at radius 1 is 0.500 bits per heavy atom. The summed E-state index contributed by atoms with van der Waals surface area (Å²) in [6, 6.07) is 24.4. The molecule has 0 N–H and O–H groups in total. The summed E-state index contributed by atoms with van der Waals surface area (Å²) < 4.78 is 4.91. The van der Waals surface area contributed by atoms with Crippen molar-refractivity contribution in [1.29, 1.82) is 0 Å². The molecular formula is C29H29Cl3N5V. The van der Waals surface area contributed by atoms with Gasteiger partial charge in [0.2, 0.25) is 0 Å². The number of halogens is 3. The van der Waals surface area contributed by atoms with Crippen molar-refractivity contribution in [2.75, 3.05) is 0 Å². The molecule has 38 heavy (non-hydrogen) atoms. The Balaban J connectivity index is 0.000001000. The molecule has 2 aliphatic carbocycles. The summed E-state index contributed by atoms with van der Waals surface area (Å²) >= 11 is 0. The minimum atomic E-state index is 0. The van der Waals surface area contributed by atoms with Gasteiger partial charge in [-0.25, -0.2) is 15.0 Å². The van der Waals surface area contributed by atoms with Crippen LogP contribution in [0.15, 0.2) is 66.7 Å². The van der Waals surface area contributed by atoms with Crippen LogP contribution < -0.4 is 37.2 Å². The van der Waals surface area contributed by atoms with Crippen molar-refractivity contribution in [2.24, 2.45) is 0 Å². The van der Waals surface area contributed by atoms with Gasteiger partial charge in [-0.2, -0.15) is 0 Å². The maximum atomic E-state index is 5.20. The van der Waals surface area contributed by atoms with Crippen LogP contribution in [0.3, 0.4) is 0 Å². The zero-order chi connectivity index (χ0) is 22.5. The first kappa shape index (κ1) is 30.5. The number of benzene rings is 2. The number of rotatable bonds is 4. The van der Waals surface area contributed by atoms with Crippen LogP contribution in [-0.4, -0.2) is 24.1 Å². The van der Waals surface area contributed by atoms with Gasteiger partial charge in [0.05, 0.1) is 22.1 Å². The Morgan fingerprint density at radius 2 is 0.895 bits per heavy atom. The number of hydrogen-bond donors (Lipinski definition) is 0. The summed E-state index contributed by atoms with van der Waals surface area (Å²) in [5.41, 5.74) is 6.41. The van der Waals surface area contributed by atoms with E-state index >= 15 is 0 Å². The number of hydrogen-bond acceptors (Lipinski definition) is 3. The molecule has 0 atom stereocenters. The fourth-order valence-electron chi connectivity index (χ4n) is 6.20. The Hall–Kier alpha value is -2.02. The van der Waals surface area contributed by atoms with E-state index in [4.69, 9.17) is 15.0 Å². The van der Waals surface area contributed by atoms with Crippen molar-refractivity contribution in [2.45, 2.75) is 63.5 Å². The van der Waals surface area contributed by atoms with Gasteiger partial charge in [-0.05, 0) is 62.1 Å². The molecule has 2 saturated carbocycles. The van der Waals surface area contributed by atoms with E-state index in [0.29, 0.717) is 12.1 Å². The standard InChI is InChI=1S/C29H29N5.3ClH.V/c1-2-11-20(10-1)33-26-18-7-5-14-22(26)31-28(33)24-16-9-17-25(30-24)29-32-23-15-6-8-19-27(23)34(29)21-12-3-4-13-21;;;;/h5-9,14-21H,1-4,10-13H2;3*1H;/q;;;;+3/p-3. The molecule has 3 aromatic heterocycles. The number of pyridine rings is 1. The predicted octanol–water partition coefficient (Wildman–Crippen LogP) is -1.65. The molecule has 5 aromatic rings. The van der Waals surface area contributed by atoms with Crippen LogP contribution in [0.2, 0.25) is 0 Å². The van der Waals surface area contributed by atoms with Gasteiger partial charge in [0.15, 0.2) is 11.6 Å². The van der Waals surface area contributed by atoms with Crippen molar-refractivity contribution < 1.29 is 55.8 Å². The Kier molecular flexibility index (Phi) is 10.4. The number of aromatic nitrogens is 5. The van der Waals surface area contributed by atoms with Crippen molar-refractivity contribution in [3.05, 3.63) is 66.7 Å². The van der Waals surface area contributed by atoms with Gasteiger partial charge in [0.25, 0.3) is 0 Å². The number of fused-ring (bicyclic) bond motifs is 2. The maximum absolute atomic E-state index is 5.20. The van der Waals surface area contributed by atoms with E-state index in [-0.39, 0.29) is 55.8 Å². The van der Waals surface area contributed by atoms with Crippen molar-refractivity contribution in [3.63, 3.8) is 0 Å². The van der Waals surface area contributed by atoms with Crippen LogP contribution in [0.1, 0.15) is 63.5 Å². The smallest absolute Gasteiger partial charge is 1.00 e. The van der Waals surface area contributed by atoms with Gasteiger partial charge in [-0.3, -0.25) is 0 Å². The van der Waals surface area contributed by atoms with E-state index in [1.807, 2.05) is 0 Å². The second-order valence-corrected chi connectivity index (χ2v) is 9.87. The second kappa shape index (κ2) is 12.9. The topological polar surface area (TPSA) is 48.5 Å². The minimum Gasteiger partial charge on any atom is -1.00 e. The first-order valence-corrected chi connectivity index (χ1v) is 12.8. The molecule has 0 unspecified atom stereocenters. The Morgan fingerprint density at radius 3 is 1.32 bits per heavy atom. The molecule has 7 rings (SSSR count). The fourth-order valence-corrected chi connectivity index (χ4v) is 6.20. The molecule has 2 fully saturated rings. The number of para-hydroxylation sites is 4. The van der Waals surface area contributed by atoms with Crippen LogP contribution in [0.25, 0.3) is 45.1 Å². The predicted molar refractivity (Wildman–Crippen MR) is 137 cm³/mol. The quantitative estimate of drug-likeness (QED) is 0.247. The summed E-state index contributed by atoms with van der Waals surface area (Å²) in [4.78, 5) is 15.4. The van der Waals surface area contributed by atoms with E-state index in [2.05, 4.69) is 75.9 Å². The molecule has 3 heterocycles. The number of imidazole rings is 2. The van der Waals surface area contributed by atoms with E-state index < -0.39 is 0 Å². The van der Waals surface area contributed by atoms with Gasteiger partial charge in [-0.1, -0.05) is 56.0 Å². The van der Waals surface area contributed by atoms with Gasteiger partial charge in [-0.15, -0.1) is 0 Å². The van der Waals surface area contributed by atoms with Crippen molar-refractivity contribution in [3.8, 4) is 23.0 Å². The van der Waals surface area contributed by atoms with Crippen LogP contribution in [0.5, 0.6) is 0 Å². The van der Waals surface area contributed by atoms with Crippen LogP contribution >= 0.6 is 0 Å². The molecule has 9 heteroatoms. The largest absolute Gasteiger partial charge is 3.00 e. The van der Waals surface area contributed by atoms with Gasteiger partial charge in [0.1, 0.15) is 11.4 Å². The minimum absolute atomic E-state index is 0. The molecule has 0 spiro atoms. The molecule has 0 radical (unpaired) electrons. The zero-order valence-electron chi connectivity index (χ0n) is 21.0. The maximum Gasteiger partial charge on any atom is 3.00 e. The van der Waals surface area contributed by atoms with Crippen LogP contribution in [0.4, 0.5) is 0 Å². The molecule has 2 aliphatic rings. The molecule has 0 aliphatic heterocycles. The summed E-state index contributed by atoms with van der Waals surface area (Å²) in [7, 11) is 0. The zero-order valence-corrected chi connectivity index (χ0v) is 24.6. The first-order chi connectivity index (χ1) is 16.9. The molecule has 2 aromatic carbocycles. The average Bonchev–Trinajstić information content (AvgIpc) is 3.68. The SMILES string of the molecule is [Cl-].[Cl-].[Cl-].[V+3].c1cc(-c2nc3ccccc3n2C2CCCC2)nc(-c2nc3ccccc3n2C2CCCC2)c1. The van der Waals surface area contributed by atoms with Crippen LogP contribution in [0, 0.1) is 0 Å². The van der Waals surface area contributed by atoms with Gasteiger partial charge >= 0.3 is 18.6 Å². The molecule has 5 nitrogen and oxygen atoms in total. The Labute approximate surface area is 254 Å². The third-order valence-corrected chi connectivity index (χ3v) is 7.78. The van der Waals surface area contributed by atoms with Gasteiger partial charge < -0.3 is 46.4 Å². The summed E-state index contributed by atoms with van der Waals surface area (Å²) in [5, 5.41) is 0. The Bertz CT molecular complexity index is 1390. The van der Waals surface area contributed by atoms with Gasteiger partial charge in [0, 0.05) is 12.1 Å². The summed E-state index contributed by atoms with van der Waals surface area (Å²) in [6.07, 6.45) is 10.0. The number of nitrogens with zero attached hydrogens (tertiary/aromatic N) is 5. The second-order valence-electron chi connectivity index (χ2n) is 9.87. The van der Waals surface area contributed by atoms with E-state index in [1.54, 1.807) is 0 Å². The van der Waals surface area contributed by atoms with E-state index in [1.165, 1.54) is 62.4 Å². The molecular weight excluding hydrogens is 576 g/mol. The molecule has 0 bridgehead atoms. The normalized spacial score (nSPS) is 15.6. The third kappa shape index (κ3) is 5.24.